The molecule has 2 aromatic heterocycles. The largest absolute Gasteiger partial charge is 0.454 e. The summed E-state index contributed by atoms with van der Waals surface area (Å²) < 4.78 is 10.8. The summed E-state index contributed by atoms with van der Waals surface area (Å²) in [5.41, 5.74) is 2.69. The summed E-state index contributed by atoms with van der Waals surface area (Å²) in [5, 5.41) is 4.38. The lowest BCUT2D eigenvalue weighted by Gasteiger charge is -2.04. The molecule has 2 aliphatic rings. The number of pyridine rings is 1. The van der Waals surface area contributed by atoms with Crippen LogP contribution in [0.1, 0.15) is 33.7 Å². The number of ether oxygens (including phenoxy) is 2. The van der Waals surface area contributed by atoms with Crippen LogP contribution in [0.4, 0.5) is 5.95 Å². The number of anilines is 1. The average Bonchev–Trinajstić information content (AvgIpc) is 3.57. The fraction of sp³-hybridized carbons (Fsp3) is 0.125. The highest BCUT2D eigenvalue weighted by molar-refractivity contribution is 6.15. The third-order valence-corrected chi connectivity index (χ3v) is 5.57. The number of para-hydroxylation sites is 1. The van der Waals surface area contributed by atoms with Crippen molar-refractivity contribution in [1.82, 2.24) is 15.0 Å². The number of ketones is 1. The first-order valence-corrected chi connectivity index (χ1v) is 10.4. The van der Waals surface area contributed by atoms with Crippen molar-refractivity contribution in [2.75, 3.05) is 12.1 Å². The Labute approximate surface area is 187 Å². The predicted octanol–water partition coefficient (Wildman–Crippen LogP) is 4.02. The molecular weight excluding hydrogens is 422 g/mol. The zero-order valence-corrected chi connectivity index (χ0v) is 17.3. The van der Waals surface area contributed by atoms with Crippen molar-refractivity contribution in [3.8, 4) is 11.5 Å². The Kier molecular flexibility index (Phi) is 4.39. The van der Waals surface area contributed by atoms with Crippen molar-refractivity contribution in [2.24, 2.45) is 4.99 Å². The van der Waals surface area contributed by atoms with Crippen LogP contribution < -0.4 is 14.8 Å². The number of H-pyrrole nitrogens is 1. The van der Waals surface area contributed by atoms with Crippen LogP contribution >= 0.6 is 0 Å². The second-order valence-corrected chi connectivity index (χ2v) is 7.75. The lowest BCUT2D eigenvalue weighted by atomic mass is 10.0. The summed E-state index contributed by atoms with van der Waals surface area (Å²) in [4.78, 5) is 41.6. The number of aliphatic imine (C=N–C) groups is 1. The molecule has 2 aliphatic heterocycles. The highest BCUT2D eigenvalue weighted by atomic mass is 16.7. The molecule has 0 spiro atoms. The second-order valence-electron chi connectivity index (χ2n) is 7.75. The molecular formula is C24H17N5O4. The molecule has 4 heterocycles. The van der Waals surface area contributed by atoms with Gasteiger partial charge in [-0.3, -0.25) is 24.9 Å². The number of amides is 1. The highest BCUT2D eigenvalue weighted by Crippen LogP contribution is 2.36. The lowest BCUT2D eigenvalue weighted by Crippen LogP contribution is -2.14. The average molecular weight is 439 g/mol. The molecule has 2 aromatic carbocycles. The monoisotopic (exact) mass is 439 g/mol. The molecule has 9 nitrogen and oxygen atoms in total. The standard InChI is InChI=1S/C24H17N5O4/c30-19(10-15-3-2-6-25-15)16-4-1-5-17-22(16)28-24(27-17)29-23(31)18-7-13-8-20-21(33-12-32-20)9-14(13)11-26-18/h1-2,4-9,11H,3,10,12H2,(H2,27,28,29,31). The van der Waals surface area contributed by atoms with Crippen LogP contribution in [-0.2, 0) is 0 Å². The van der Waals surface area contributed by atoms with Crippen LogP contribution in [0.25, 0.3) is 21.8 Å². The molecule has 0 saturated carbocycles. The van der Waals surface area contributed by atoms with Gasteiger partial charge in [-0.15, -0.1) is 0 Å². The van der Waals surface area contributed by atoms with Gasteiger partial charge in [-0.2, -0.15) is 0 Å². The van der Waals surface area contributed by atoms with Crippen LogP contribution in [0.15, 0.2) is 59.9 Å². The van der Waals surface area contributed by atoms with Crippen molar-refractivity contribution in [3.63, 3.8) is 0 Å². The van der Waals surface area contributed by atoms with Crippen LogP contribution in [0, 0.1) is 0 Å². The minimum Gasteiger partial charge on any atom is -0.454 e. The maximum absolute atomic E-state index is 12.8. The first-order chi connectivity index (χ1) is 16.1. The van der Waals surface area contributed by atoms with E-state index in [1.54, 1.807) is 36.7 Å². The number of imidazole rings is 1. The summed E-state index contributed by atoms with van der Waals surface area (Å²) >= 11 is 0. The number of nitrogens with zero attached hydrogens (tertiary/aromatic N) is 3. The van der Waals surface area contributed by atoms with Gasteiger partial charge in [0.1, 0.15) is 11.2 Å². The molecule has 0 radical (unpaired) electrons. The summed E-state index contributed by atoms with van der Waals surface area (Å²) in [7, 11) is 0. The van der Waals surface area contributed by atoms with Gasteiger partial charge < -0.3 is 14.5 Å². The minimum atomic E-state index is -0.423. The quantitative estimate of drug-likeness (QED) is 0.454. The molecule has 0 aliphatic carbocycles. The number of carbonyl (C=O) groups excluding carboxylic acids is 2. The topological polar surface area (TPSA) is 119 Å². The Hall–Kier alpha value is -4.53. The normalized spacial score (nSPS) is 14.1. The summed E-state index contributed by atoms with van der Waals surface area (Å²) in [6.07, 6.45) is 6.16. The Bertz CT molecular complexity index is 1520. The number of hydrogen-bond donors (Lipinski definition) is 2. The van der Waals surface area contributed by atoms with E-state index in [1.807, 2.05) is 18.2 Å². The zero-order valence-electron chi connectivity index (χ0n) is 17.3. The number of rotatable bonds is 5. The van der Waals surface area contributed by atoms with Crippen LogP contribution in [0.5, 0.6) is 11.5 Å². The van der Waals surface area contributed by atoms with Crippen molar-refractivity contribution in [1.29, 1.82) is 0 Å². The molecule has 2 N–H and O–H groups in total. The molecule has 0 unspecified atom stereocenters. The minimum absolute atomic E-state index is 0.0673. The van der Waals surface area contributed by atoms with Crippen molar-refractivity contribution in [2.45, 2.75) is 12.8 Å². The van der Waals surface area contributed by atoms with E-state index >= 15 is 0 Å². The van der Waals surface area contributed by atoms with E-state index in [2.05, 4.69) is 25.3 Å². The van der Waals surface area contributed by atoms with E-state index in [0.717, 1.165) is 16.5 Å². The molecule has 0 atom stereocenters. The molecule has 6 rings (SSSR count). The van der Waals surface area contributed by atoms with Gasteiger partial charge in [-0.25, -0.2) is 4.98 Å². The zero-order chi connectivity index (χ0) is 22.4. The predicted molar refractivity (Wildman–Crippen MR) is 122 cm³/mol. The molecule has 4 aromatic rings. The number of aromatic nitrogens is 3. The Morgan fingerprint density at radius 1 is 1.09 bits per heavy atom. The van der Waals surface area contributed by atoms with Crippen molar-refractivity contribution in [3.05, 3.63) is 66.1 Å². The number of hydrogen-bond acceptors (Lipinski definition) is 7. The highest BCUT2D eigenvalue weighted by Gasteiger charge is 2.19. The first kappa shape index (κ1) is 19.2. The van der Waals surface area contributed by atoms with E-state index in [9.17, 15) is 9.59 Å². The first-order valence-electron chi connectivity index (χ1n) is 10.4. The van der Waals surface area contributed by atoms with E-state index in [4.69, 9.17) is 9.47 Å². The van der Waals surface area contributed by atoms with Crippen molar-refractivity contribution < 1.29 is 19.1 Å². The van der Waals surface area contributed by atoms with Crippen molar-refractivity contribution >= 4 is 45.2 Å². The van der Waals surface area contributed by atoms with Crippen LogP contribution in [0.3, 0.4) is 0 Å². The number of allylic oxidation sites excluding steroid dienone is 1. The molecule has 162 valence electrons. The van der Waals surface area contributed by atoms with Gasteiger partial charge in [0.05, 0.1) is 5.52 Å². The number of fused-ring (bicyclic) bond motifs is 3. The fourth-order valence-corrected chi connectivity index (χ4v) is 3.94. The molecule has 0 fully saturated rings. The number of carbonyl (C=O) groups is 2. The van der Waals surface area contributed by atoms with Gasteiger partial charge in [0.25, 0.3) is 5.91 Å². The van der Waals surface area contributed by atoms with Gasteiger partial charge in [0.2, 0.25) is 12.7 Å². The Morgan fingerprint density at radius 2 is 1.94 bits per heavy atom. The summed E-state index contributed by atoms with van der Waals surface area (Å²) in [5.74, 6) is 1.04. The number of Topliss-reactive ketones (excluding diaryl/α,β-unsaturated/α-hetero) is 1. The van der Waals surface area contributed by atoms with E-state index in [0.29, 0.717) is 34.5 Å². The SMILES string of the molecule is O=C(Nc1nc2c(C(=O)CC3=NC=CC3)cccc2[nH]1)c1cc2cc3c(cc2cn1)OCO3. The van der Waals surface area contributed by atoms with Gasteiger partial charge in [0.15, 0.2) is 17.3 Å². The number of nitrogens with one attached hydrogen (secondary N) is 2. The molecule has 33 heavy (non-hydrogen) atoms. The maximum atomic E-state index is 12.8. The fourth-order valence-electron chi connectivity index (χ4n) is 3.94. The third-order valence-electron chi connectivity index (χ3n) is 5.57. The Balaban J connectivity index is 1.26. The number of benzene rings is 2. The molecule has 9 heteroatoms. The maximum Gasteiger partial charge on any atom is 0.276 e. The van der Waals surface area contributed by atoms with Crippen LogP contribution in [-0.4, -0.2) is 39.1 Å². The molecule has 0 saturated heterocycles. The third kappa shape index (κ3) is 3.49. The second kappa shape index (κ2) is 7.56. The molecule has 1 amide bonds. The summed E-state index contributed by atoms with van der Waals surface area (Å²) in [6, 6.07) is 10.6. The Morgan fingerprint density at radius 3 is 2.76 bits per heavy atom. The van der Waals surface area contributed by atoms with E-state index < -0.39 is 5.91 Å². The lowest BCUT2D eigenvalue weighted by molar-refractivity contribution is 0.0998. The van der Waals surface area contributed by atoms with Gasteiger partial charge in [0, 0.05) is 41.9 Å². The van der Waals surface area contributed by atoms with Gasteiger partial charge >= 0.3 is 0 Å². The van der Waals surface area contributed by atoms with Crippen LogP contribution in [0.2, 0.25) is 0 Å². The summed E-state index contributed by atoms with van der Waals surface area (Å²) in [6.45, 7) is 0.175. The number of aromatic amines is 1. The van der Waals surface area contributed by atoms with Gasteiger partial charge in [-0.05, 0) is 35.7 Å². The van der Waals surface area contributed by atoms with E-state index in [1.165, 1.54) is 0 Å². The van der Waals surface area contributed by atoms with E-state index in [-0.39, 0.29) is 30.6 Å². The smallest absolute Gasteiger partial charge is 0.276 e. The van der Waals surface area contributed by atoms with Gasteiger partial charge in [-0.1, -0.05) is 12.1 Å². The molecule has 0 bridgehead atoms.